The van der Waals surface area contributed by atoms with E-state index in [4.69, 9.17) is 0 Å². The maximum absolute atomic E-state index is 9.23. The van der Waals surface area contributed by atoms with E-state index < -0.39 is 0 Å². The van der Waals surface area contributed by atoms with E-state index >= 15 is 0 Å². The third-order valence-electron chi connectivity index (χ3n) is 12.1. The highest BCUT2D eigenvalue weighted by atomic mass is 15.0. The summed E-state index contributed by atoms with van der Waals surface area (Å²) >= 11 is 0. The molecule has 12 rings (SSSR count). The van der Waals surface area contributed by atoms with Crippen LogP contribution in [0.15, 0.2) is 194 Å². The highest BCUT2D eigenvalue weighted by Crippen LogP contribution is 2.43. The smallest absolute Gasteiger partial charge is 0.0991 e. The Morgan fingerprint density at radius 1 is 0.298 bits per heavy atom. The third kappa shape index (κ3) is 4.90. The topological polar surface area (TPSA) is 28.7 Å². The van der Waals surface area contributed by atoms with Crippen LogP contribution in [0.25, 0.3) is 114 Å². The molecular formula is C55H32N2. The monoisotopic (exact) mass is 720 g/mol. The van der Waals surface area contributed by atoms with Crippen molar-refractivity contribution in [3.63, 3.8) is 0 Å². The number of nitriles is 1. The van der Waals surface area contributed by atoms with E-state index in [1.807, 2.05) is 24.3 Å². The molecular weight excluding hydrogens is 689 g/mol. The van der Waals surface area contributed by atoms with Crippen molar-refractivity contribution in [1.82, 2.24) is 4.57 Å². The molecule has 0 atom stereocenters. The quantitative estimate of drug-likeness (QED) is 0.132. The van der Waals surface area contributed by atoms with Crippen molar-refractivity contribution < 1.29 is 0 Å². The molecule has 2 heteroatoms. The molecule has 0 radical (unpaired) electrons. The Balaban J connectivity index is 1.08. The summed E-state index contributed by atoms with van der Waals surface area (Å²) in [5.74, 6) is 0. The molecule has 2 nitrogen and oxygen atoms in total. The van der Waals surface area contributed by atoms with Gasteiger partial charge in [0.25, 0.3) is 0 Å². The van der Waals surface area contributed by atoms with Crippen molar-refractivity contribution in [2.24, 2.45) is 0 Å². The predicted octanol–water partition coefficient (Wildman–Crippen LogP) is 14.9. The van der Waals surface area contributed by atoms with E-state index in [0.717, 1.165) is 16.8 Å². The molecule has 0 fully saturated rings. The lowest BCUT2D eigenvalue weighted by Gasteiger charge is -2.14. The Labute approximate surface area is 328 Å². The molecule has 262 valence electrons. The highest BCUT2D eigenvalue weighted by molar-refractivity contribution is 6.29. The molecule has 0 amide bonds. The van der Waals surface area contributed by atoms with Gasteiger partial charge in [-0.1, -0.05) is 115 Å². The first-order valence-corrected chi connectivity index (χ1v) is 19.5. The van der Waals surface area contributed by atoms with Crippen molar-refractivity contribution in [2.75, 3.05) is 0 Å². The maximum atomic E-state index is 9.23. The largest absolute Gasteiger partial charge is 0.309 e. The van der Waals surface area contributed by atoms with Gasteiger partial charge in [-0.05, 0) is 166 Å². The molecule has 12 aromatic rings. The average molecular weight is 721 g/mol. The van der Waals surface area contributed by atoms with Gasteiger partial charge in [0.1, 0.15) is 0 Å². The summed E-state index contributed by atoms with van der Waals surface area (Å²) in [4.78, 5) is 0. The fourth-order valence-corrected chi connectivity index (χ4v) is 9.28. The Kier molecular flexibility index (Phi) is 6.73. The van der Waals surface area contributed by atoms with Gasteiger partial charge in [0.2, 0.25) is 0 Å². The van der Waals surface area contributed by atoms with Gasteiger partial charge in [-0.2, -0.15) is 5.26 Å². The Morgan fingerprint density at radius 3 is 1.49 bits per heavy atom. The lowest BCUT2D eigenvalue weighted by atomic mass is 9.90. The minimum absolute atomic E-state index is 0.673. The van der Waals surface area contributed by atoms with Crippen molar-refractivity contribution in [1.29, 1.82) is 5.26 Å². The maximum Gasteiger partial charge on any atom is 0.0991 e. The minimum atomic E-state index is 0.673. The van der Waals surface area contributed by atoms with Gasteiger partial charge in [0.15, 0.2) is 0 Å². The van der Waals surface area contributed by atoms with Gasteiger partial charge >= 0.3 is 0 Å². The molecule has 57 heavy (non-hydrogen) atoms. The summed E-state index contributed by atoms with van der Waals surface area (Å²) < 4.78 is 2.45. The molecule has 0 unspecified atom stereocenters. The van der Waals surface area contributed by atoms with Crippen molar-refractivity contribution in [2.45, 2.75) is 0 Å². The fraction of sp³-hybridized carbons (Fsp3) is 0. The molecule has 0 spiro atoms. The van der Waals surface area contributed by atoms with Crippen molar-refractivity contribution in [3.8, 4) is 34.0 Å². The van der Waals surface area contributed by atoms with Crippen molar-refractivity contribution in [3.05, 3.63) is 200 Å². The van der Waals surface area contributed by atoms with Gasteiger partial charge in [0.05, 0.1) is 22.7 Å². The summed E-state index contributed by atoms with van der Waals surface area (Å²) in [7, 11) is 0. The zero-order chi connectivity index (χ0) is 37.6. The van der Waals surface area contributed by atoms with Crippen LogP contribution in [0.5, 0.6) is 0 Å². The van der Waals surface area contributed by atoms with Crippen LogP contribution in [0.2, 0.25) is 0 Å². The minimum Gasteiger partial charge on any atom is -0.309 e. The number of nitrogens with zero attached hydrogens (tertiary/aromatic N) is 2. The Bertz CT molecular complexity index is 3680. The number of aromatic nitrogens is 1. The summed E-state index contributed by atoms with van der Waals surface area (Å²) in [5.41, 5.74) is 8.91. The summed E-state index contributed by atoms with van der Waals surface area (Å²) in [6.07, 6.45) is 0. The van der Waals surface area contributed by atoms with E-state index in [1.165, 1.54) is 97.6 Å². The normalized spacial score (nSPS) is 11.8. The van der Waals surface area contributed by atoms with Crippen LogP contribution in [0.4, 0.5) is 0 Å². The van der Waals surface area contributed by atoms with E-state index in [2.05, 4.69) is 180 Å². The second kappa shape index (κ2) is 12.1. The first-order valence-electron chi connectivity index (χ1n) is 19.5. The Hall–Kier alpha value is -7.73. The highest BCUT2D eigenvalue weighted by Gasteiger charge is 2.18. The van der Waals surface area contributed by atoms with E-state index in [1.54, 1.807) is 0 Å². The van der Waals surface area contributed by atoms with Gasteiger partial charge < -0.3 is 4.57 Å². The second-order valence-corrected chi connectivity index (χ2v) is 15.3. The number of benzene rings is 11. The molecule has 0 saturated heterocycles. The molecule has 11 aromatic carbocycles. The van der Waals surface area contributed by atoms with Crippen LogP contribution in [-0.4, -0.2) is 4.57 Å². The number of fused-ring (bicyclic) bond motifs is 12. The molecule has 1 heterocycles. The molecule has 0 N–H and O–H groups in total. The van der Waals surface area contributed by atoms with Crippen LogP contribution in [0.1, 0.15) is 5.56 Å². The zero-order valence-electron chi connectivity index (χ0n) is 30.9. The van der Waals surface area contributed by atoms with Crippen LogP contribution >= 0.6 is 0 Å². The van der Waals surface area contributed by atoms with E-state index in [0.29, 0.717) is 5.56 Å². The van der Waals surface area contributed by atoms with Gasteiger partial charge in [-0.15, -0.1) is 0 Å². The number of rotatable bonds is 3. The third-order valence-corrected chi connectivity index (χ3v) is 12.1. The first kappa shape index (κ1) is 31.6. The molecule has 1 aromatic heterocycles. The Morgan fingerprint density at radius 2 is 0.789 bits per heavy atom. The van der Waals surface area contributed by atoms with Crippen LogP contribution < -0.4 is 0 Å². The van der Waals surface area contributed by atoms with Gasteiger partial charge in [-0.3, -0.25) is 0 Å². The summed E-state index contributed by atoms with van der Waals surface area (Å²) in [6.45, 7) is 0. The SMILES string of the molecule is N#Cc1ccc(-c2ccc3cc(-c4ccc5c(c4)c4ccccc4c4cc6c(cc54)c4cc5cc7ccccc7cc5cc4n6-c4ccccc4)ccc3c2)cc1. The van der Waals surface area contributed by atoms with Crippen molar-refractivity contribution >= 4 is 86.4 Å². The standard InChI is InChI=1S/C55H32N2/c56-33-34-14-16-35(17-15-34)38-18-19-40-25-41(21-20-39(40)24-38)42-22-23-48-49(28-42)46-12-6-7-13-47(46)51-32-55-53(31-50(48)51)52-29-43-26-36-8-4-5-9-37(36)27-44(43)30-54(52)57(55)45-10-2-1-3-11-45/h1-32H. The molecule has 0 aliphatic carbocycles. The zero-order valence-corrected chi connectivity index (χ0v) is 30.9. The molecule has 0 saturated carbocycles. The van der Waals surface area contributed by atoms with E-state index in [9.17, 15) is 5.26 Å². The average Bonchev–Trinajstić information content (AvgIpc) is 3.58. The van der Waals surface area contributed by atoms with Gasteiger partial charge in [0, 0.05) is 16.5 Å². The summed E-state index contributed by atoms with van der Waals surface area (Å²) in [6, 6.07) is 73.1. The van der Waals surface area contributed by atoms with Crippen LogP contribution in [-0.2, 0) is 0 Å². The van der Waals surface area contributed by atoms with E-state index in [-0.39, 0.29) is 0 Å². The van der Waals surface area contributed by atoms with Crippen LogP contribution in [0, 0.1) is 11.3 Å². The predicted molar refractivity (Wildman–Crippen MR) is 241 cm³/mol. The number of para-hydroxylation sites is 1. The molecule has 0 aliphatic heterocycles. The van der Waals surface area contributed by atoms with Gasteiger partial charge in [-0.25, -0.2) is 0 Å². The number of hydrogen-bond acceptors (Lipinski definition) is 1. The lowest BCUT2D eigenvalue weighted by Crippen LogP contribution is -1.93. The fourth-order valence-electron chi connectivity index (χ4n) is 9.28. The molecule has 0 bridgehead atoms. The second-order valence-electron chi connectivity index (χ2n) is 15.3. The number of hydrogen-bond donors (Lipinski definition) is 0. The summed E-state index contributed by atoms with van der Waals surface area (Å²) in [5, 5.41) is 26.7. The van der Waals surface area contributed by atoms with Crippen LogP contribution in [0.3, 0.4) is 0 Å². The lowest BCUT2D eigenvalue weighted by molar-refractivity contribution is 1.18. The molecule has 0 aliphatic rings. The first-order chi connectivity index (χ1) is 28.2.